The van der Waals surface area contributed by atoms with E-state index in [0.717, 1.165) is 11.3 Å². The molecule has 1 aromatic carbocycles. The molecule has 0 saturated heterocycles. The SMILES string of the molecule is COC(=O)C1=C(C)N=c2sc(=Cc3ccc[nH]3)c(=O)n2C1c1ccc(OC)cc1. The number of nitrogens with one attached hydrogen (secondary N) is 1. The molecule has 0 fully saturated rings. The predicted molar refractivity (Wildman–Crippen MR) is 110 cm³/mol. The van der Waals surface area contributed by atoms with E-state index in [4.69, 9.17) is 9.47 Å². The van der Waals surface area contributed by atoms with Gasteiger partial charge in [-0.15, -0.1) is 0 Å². The fourth-order valence-corrected chi connectivity index (χ4v) is 4.41. The lowest BCUT2D eigenvalue weighted by Gasteiger charge is -2.24. The van der Waals surface area contributed by atoms with Crippen LogP contribution in [0.2, 0.25) is 0 Å². The van der Waals surface area contributed by atoms with Crippen LogP contribution in [0.3, 0.4) is 0 Å². The van der Waals surface area contributed by atoms with Crippen molar-refractivity contribution in [3.05, 3.63) is 84.8 Å². The number of thiazole rings is 1. The molecule has 4 rings (SSSR count). The third-order valence-corrected chi connectivity index (χ3v) is 5.75. The maximum atomic E-state index is 13.3. The third kappa shape index (κ3) is 3.31. The first-order valence-electron chi connectivity index (χ1n) is 8.91. The lowest BCUT2D eigenvalue weighted by Crippen LogP contribution is -2.39. The molecular weight excluding hydrogens is 390 g/mol. The first kappa shape index (κ1) is 18.9. The average Bonchev–Trinajstić information content (AvgIpc) is 3.35. The normalized spacial score (nSPS) is 16.4. The van der Waals surface area contributed by atoms with Gasteiger partial charge >= 0.3 is 5.97 Å². The Bertz CT molecular complexity index is 1260. The Hall–Kier alpha value is -3.39. The van der Waals surface area contributed by atoms with Crippen LogP contribution in [-0.2, 0) is 9.53 Å². The predicted octanol–water partition coefficient (Wildman–Crippen LogP) is 1.74. The van der Waals surface area contributed by atoms with Crippen LogP contribution >= 0.6 is 11.3 Å². The summed E-state index contributed by atoms with van der Waals surface area (Å²) in [5.74, 6) is 0.180. The van der Waals surface area contributed by atoms with Gasteiger partial charge in [-0.1, -0.05) is 23.5 Å². The maximum Gasteiger partial charge on any atom is 0.338 e. The van der Waals surface area contributed by atoms with Crippen LogP contribution in [0.1, 0.15) is 24.2 Å². The lowest BCUT2D eigenvalue weighted by molar-refractivity contribution is -0.136. The monoisotopic (exact) mass is 409 g/mol. The average molecular weight is 409 g/mol. The number of carbonyl (C=O) groups excluding carboxylic acids is 1. The number of hydrogen-bond acceptors (Lipinski definition) is 6. The molecule has 0 bridgehead atoms. The molecule has 0 aliphatic carbocycles. The fraction of sp³-hybridized carbons (Fsp3) is 0.190. The number of fused-ring (bicyclic) bond motifs is 1. The van der Waals surface area contributed by atoms with Crippen molar-refractivity contribution in [2.75, 3.05) is 14.2 Å². The molecule has 29 heavy (non-hydrogen) atoms. The van der Waals surface area contributed by atoms with Gasteiger partial charge in [0.25, 0.3) is 5.56 Å². The number of H-pyrrole nitrogens is 1. The zero-order valence-corrected chi connectivity index (χ0v) is 16.9. The van der Waals surface area contributed by atoms with Crippen molar-refractivity contribution in [3.63, 3.8) is 0 Å². The van der Waals surface area contributed by atoms with Crippen molar-refractivity contribution >= 4 is 23.4 Å². The number of allylic oxidation sites excluding steroid dienone is 1. The number of nitrogens with zero attached hydrogens (tertiary/aromatic N) is 2. The van der Waals surface area contributed by atoms with E-state index in [-0.39, 0.29) is 5.56 Å². The quantitative estimate of drug-likeness (QED) is 0.665. The second-order valence-corrected chi connectivity index (χ2v) is 7.48. The first-order chi connectivity index (χ1) is 14.0. The van der Waals surface area contributed by atoms with Gasteiger partial charge in [0.05, 0.1) is 36.1 Å². The Kier molecular flexibility index (Phi) is 4.94. The molecule has 0 radical (unpaired) electrons. The number of hydrogen-bond donors (Lipinski definition) is 1. The van der Waals surface area contributed by atoms with Crippen LogP contribution in [0.5, 0.6) is 5.75 Å². The van der Waals surface area contributed by atoms with Crippen molar-refractivity contribution in [2.24, 2.45) is 4.99 Å². The number of ether oxygens (including phenoxy) is 2. The number of benzene rings is 1. The highest BCUT2D eigenvalue weighted by Crippen LogP contribution is 2.31. The molecule has 0 saturated carbocycles. The molecule has 0 spiro atoms. The maximum absolute atomic E-state index is 13.3. The molecule has 3 heterocycles. The Morgan fingerprint density at radius 3 is 2.62 bits per heavy atom. The molecule has 1 unspecified atom stereocenters. The van der Waals surface area contributed by atoms with Crippen LogP contribution in [0.15, 0.2) is 63.7 Å². The van der Waals surface area contributed by atoms with Gasteiger partial charge in [0, 0.05) is 11.9 Å². The van der Waals surface area contributed by atoms with Gasteiger partial charge < -0.3 is 14.5 Å². The zero-order valence-electron chi connectivity index (χ0n) is 16.1. The van der Waals surface area contributed by atoms with Gasteiger partial charge in [0.1, 0.15) is 5.75 Å². The van der Waals surface area contributed by atoms with Crippen LogP contribution in [0.25, 0.3) is 6.08 Å². The van der Waals surface area contributed by atoms with Gasteiger partial charge in [0.2, 0.25) is 0 Å². The van der Waals surface area contributed by atoms with E-state index < -0.39 is 12.0 Å². The molecule has 1 atom stereocenters. The van der Waals surface area contributed by atoms with Gasteiger partial charge in [-0.05, 0) is 42.8 Å². The summed E-state index contributed by atoms with van der Waals surface area (Å²) in [4.78, 5) is 34.0. The smallest absolute Gasteiger partial charge is 0.338 e. The number of aromatic nitrogens is 2. The highest BCUT2D eigenvalue weighted by molar-refractivity contribution is 7.07. The molecule has 0 amide bonds. The molecule has 1 aliphatic rings. The minimum absolute atomic E-state index is 0.210. The van der Waals surface area contributed by atoms with Gasteiger partial charge in [-0.25, -0.2) is 9.79 Å². The third-order valence-electron chi connectivity index (χ3n) is 4.77. The van der Waals surface area contributed by atoms with Gasteiger partial charge in [-0.2, -0.15) is 0 Å². The van der Waals surface area contributed by atoms with E-state index in [1.54, 1.807) is 43.0 Å². The topological polar surface area (TPSA) is 85.7 Å². The summed E-state index contributed by atoms with van der Waals surface area (Å²) in [5, 5.41) is 0. The summed E-state index contributed by atoms with van der Waals surface area (Å²) in [6, 6.07) is 10.4. The Morgan fingerprint density at radius 1 is 1.24 bits per heavy atom. The molecule has 1 aliphatic heterocycles. The van der Waals surface area contributed by atoms with Crippen LogP contribution in [0, 0.1) is 0 Å². The molecule has 1 N–H and O–H groups in total. The Balaban J connectivity index is 1.97. The van der Waals surface area contributed by atoms with Gasteiger partial charge in [0.15, 0.2) is 4.80 Å². The number of aromatic amines is 1. The number of rotatable bonds is 4. The minimum atomic E-state index is -0.629. The van der Waals surface area contributed by atoms with Crippen LogP contribution < -0.4 is 19.6 Å². The van der Waals surface area contributed by atoms with E-state index in [2.05, 4.69) is 9.98 Å². The summed E-state index contributed by atoms with van der Waals surface area (Å²) < 4.78 is 12.3. The molecule has 7 nitrogen and oxygen atoms in total. The molecule has 3 aromatic rings. The van der Waals surface area contributed by atoms with Gasteiger partial charge in [-0.3, -0.25) is 9.36 Å². The Morgan fingerprint density at radius 2 is 2.00 bits per heavy atom. The van der Waals surface area contributed by atoms with Crippen molar-refractivity contribution < 1.29 is 14.3 Å². The van der Waals surface area contributed by atoms with Crippen LogP contribution in [0.4, 0.5) is 0 Å². The minimum Gasteiger partial charge on any atom is -0.497 e. The second-order valence-electron chi connectivity index (χ2n) is 6.47. The summed E-state index contributed by atoms with van der Waals surface area (Å²) in [7, 11) is 2.91. The summed E-state index contributed by atoms with van der Waals surface area (Å²) >= 11 is 1.29. The molecular formula is C21H19N3O4S. The first-order valence-corrected chi connectivity index (χ1v) is 9.73. The van der Waals surface area contributed by atoms with Crippen molar-refractivity contribution in [1.82, 2.24) is 9.55 Å². The standard InChI is InChI=1S/C21H19N3O4S/c1-12-17(20(26)28-3)18(13-6-8-15(27-2)9-7-13)24-19(25)16(29-21(24)23-12)11-14-5-4-10-22-14/h4-11,18,22H,1-3H3. The van der Waals surface area contributed by atoms with Crippen molar-refractivity contribution in [1.29, 1.82) is 0 Å². The number of methoxy groups -OCH3 is 2. The van der Waals surface area contributed by atoms with Crippen molar-refractivity contribution in [2.45, 2.75) is 13.0 Å². The number of esters is 1. The lowest BCUT2D eigenvalue weighted by atomic mass is 9.96. The summed E-state index contributed by atoms with van der Waals surface area (Å²) in [5.41, 5.74) is 2.26. The highest BCUT2D eigenvalue weighted by atomic mass is 32.1. The van der Waals surface area contributed by atoms with Crippen LogP contribution in [-0.4, -0.2) is 29.7 Å². The molecule has 148 valence electrons. The highest BCUT2D eigenvalue weighted by Gasteiger charge is 2.33. The van der Waals surface area contributed by atoms with E-state index in [1.807, 2.05) is 24.3 Å². The fourth-order valence-electron chi connectivity index (χ4n) is 3.37. The molecule has 2 aromatic heterocycles. The van der Waals surface area contributed by atoms with E-state index in [0.29, 0.717) is 26.4 Å². The van der Waals surface area contributed by atoms with Crippen molar-refractivity contribution in [3.8, 4) is 5.75 Å². The van der Waals surface area contributed by atoms with E-state index >= 15 is 0 Å². The van der Waals surface area contributed by atoms with E-state index in [9.17, 15) is 9.59 Å². The van der Waals surface area contributed by atoms with E-state index in [1.165, 1.54) is 18.4 Å². The zero-order chi connectivity index (χ0) is 20.5. The second kappa shape index (κ2) is 7.56. The molecule has 8 heteroatoms. The summed E-state index contributed by atoms with van der Waals surface area (Å²) in [6.45, 7) is 1.75. The largest absolute Gasteiger partial charge is 0.497 e. The number of carbonyl (C=O) groups is 1. The summed E-state index contributed by atoms with van der Waals surface area (Å²) in [6.07, 6.45) is 3.58. The Labute approximate surface area is 170 Å².